The Bertz CT molecular complexity index is 1010. The average Bonchev–Trinajstić information content (AvgIpc) is 3.09. The van der Waals surface area contributed by atoms with Crippen molar-refractivity contribution in [2.24, 2.45) is 0 Å². The number of halogens is 3. The molecule has 0 saturated carbocycles. The molecule has 0 unspecified atom stereocenters. The lowest BCUT2D eigenvalue weighted by molar-refractivity contribution is 0.284. The number of hydrogen-bond donors (Lipinski definition) is 0. The molecule has 0 amide bonds. The molecule has 1 fully saturated rings. The van der Waals surface area contributed by atoms with Crippen LogP contribution in [-0.2, 0) is 0 Å². The van der Waals surface area contributed by atoms with Gasteiger partial charge in [0, 0.05) is 55.2 Å². The van der Waals surface area contributed by atoms with Gasteiger partial charge in [0.25, 0.3) is 0 Å². The Kier molecular flexibility index (Phi) is 7.78. The average molecular weight is 465 g/mol. The summed E-state index contributed by atoms with van der Waals surface area (Å²) in [7, 11) is 0. The number of piperazine rings is 1. The van der Waals surface area contributed by atoms with Gasteiger partial charge in [-0.25, -0.2) is 9.67 Å². The Morgan fingerprint density at radius 3 is 2.60 bits per heavy atom. The molecule has 0 atom stereocenters. The van der Waals surface area contributed by atoms with Gasteiger partial charge in [0.1, 0.15) is 0 Å². The van der Waals surface area contributed by atoms with Crippen LogP contribution < -0.4 is 4.90 Å². The second kappa shape index (κ2) is 10.3. The normalized spacial score (nSPS) is 14.8. The Morgan fingerprint density at radius 2 is 1.87 bits per heavy atom. The minimum absolute atomic E-state index is 0. The number of benzene rings is 1. The zero-order valence-electron chi connectivity index (χ0n) is 16.7. The third-order valence-corrected chi connectivity index (χ3v) is 5.72. The van der Waals surface area contributed by atoms with Crippen LogP contribution in [0.2, 0.25) is 10.0 Å². The molecule has 1 aliphatic heterocycles. The van der Waals surface area contributed by atoms with Crippen LogP contribution in [0.5, 0.6) is 0 Å². The molecule has 3 heterocycles. The van der Waals surface area contributed by atoms with E-state index in [9.17, 15) is 0 Å². The second-order valence-corrected chi connectivity index (χ2v) is 7.92. The van der Waals surface area contributed by atoms with Gasteiger partial charge in [-0.3, -0.25) is 4.90 Å². The SMILES string of the molecule is Cc1c(C=CCN2CCN(c3cccc(Cl)c3)CC2)cnn1-c1ncccc1Cl.Cl. The van der Waals surface area contributed by atoms with Gasteiger partial charge in [-0.2, -0.15) is 5.10 Å². The van der Waals surface area contributed by atoms with E-state index >= 15 is 0 Å². The number of nitrogens with zero attached hydrogens (tertiary/aromatic N) is 5. The van der Waals surface area contributed by atoms with Gasteiger partial charge in [-0.1, -0.05) is 41.4 Å². The fourth-order valence-corrected chi connectivity index (χ4v) is 3.91. The predicted octanol–water partition coefficient (Wildman–Crippen LogP) is 5.14. The molecule has 5 nitrogen and oxygen atoms in total. The van der Waals surface area contributed by atoms with Crippen molar-refractivity contribution in [3.8, 4) is 5.82 Å². The number of hydrogen-bond acceptors (Lipinski definition) is 4. The first kappa shape index (κ1) is 22.6. The maximum Gasteiger partial charge on any atom is 0.172 e. The maximum atomic E-state index is 6.25. The highest BCUT2D eigenvalue weighted by Gasteiger charge is 2.16. The van der Waals surface area contributed by atoms with Crippen LogP contribution in [0.1, 0.15) is 11.3 Å². The molecule has 8 heteroatoms. The lowest BCUT2D eigenvalue weighted by Crippen LogP contribution is -2.46. The second-order valence-electron chi connectivity index (χ2n) is 7.08. The van der Waals surface area contributed by atoms with Crippen LogP contribution in [0.4, 0.5) is 5.69 Å². The van der Waals surface area contributed by atoms with Crippen molar-refractivity contribution in [3.63, 3.8) is 0 Å². The summed E-state index contributed by atoms with van der Waals surface area (Å²) in [6.45, 7) is 7.00. The van der Waals surface area contributed by atoms with Crippen LogP contribution in [0, 0.1) is 6.92 Å². The lowest BCUT2D eigenvalue weighted by atomic mass is 10.2. The van der Waals surface area contributed by atoms with Crippen molar-refractivity contribution < 1.29 is 0 Å². The molecule has 30 heavy (non-hydrogen) atoms. The van der Waals surface area contributed by atoms with E-state index in [4.69, 9.17) is 23.2 Å². The van der Waals surface area contributed by atoms with Crippen LogP contribution in [-0.4, -0.2) is 52.4 Å². The van der Waals surface area contributed by atoms with Gasteiger partial charge in [-0.05, 0) is 37.3 Å². The van der Waals surface area contributed by atoms with Gasteiger partial charge < -0.3 is 4.90 Å². The molecule has 4 rings (SSSR count). The fourth-order valence-electron chi connectivity index (χ4n) is 3.52. The molecule has 1 saturated heterocycles. The highest BCUT2D eigenvalue weighted by molar-refractivity contribution is 6.32. The molecule has 158 valence electrons. The fraction of sp³-hybridized carbons (Fsp3) is 0.273. The Morgan fingerprint density at radius 1 is 1.07 bits per heavy atom. The molecular formula is C22H24Cl3N5. The highest BCUT2D eigenvalue weighted by Crippen LogP contribution is 2.22. The summed E-state index contributed by atoms with van der Waals surface area (Å²) in [6.07, 6.45) is 7.90. The summed E-state index contributed by atoms with van der Waals surface area (Å²) in [4.78, 5) is 9.17. The van der Waals surface area contributed by atoms with Crippen molar-refractivity contribution >= 4 is 47.4 Å². The van der Waals surface area contributed by atoms with Crippen molar-refractivity contribution in [3.05, 3.63) is 76.2 Å². The zero-order valence-corrected chi connectivity index (χ0v) is 19.0. The molecule has 1 aliphatic rings. The molecule has 0 spiro atoms. The van der Waals surface area contributed by atoms with Gasteiger partial charge >= 0.3 is 0 Å². The van der Waals surface area contributed by atoms with Crippen LogP contribution in [0.25, 0.3) is 11.9 Å². The first-order valence-corrected chi connectivity index (χ1v) is 10.4. The summed E-state index contributed by atoms with van der Waals surface area (Å²) < 4.78 is 1.78. The summed E-state index contributed by atoms with van der Waals surface area (Å²) in [5, 5.41) is 5.83. The minimum Gasteiger partial charge on any atom is -0.369 e. The van der Waals surface area contributed by atoms with E-state index in [1.54, 1.807) is 10.9 Å². The van der Waals surface area contributed by atoms with E-state index in [2.05, 4.69) is 38.1 Å². The topological polar surface area (TPSA) is 37.2 Å². The molecule has 3 aromatic rings. The Hall–Kier alpha value is -2.05. The quantitative estimate of drug-likeness (QED) is 0.524. The summed E-state index contributed by atoms with van der Waals surface area (Å²) in [5.41, 5.74) is 3.29. The van der Waals surface area contributed by atoms with E-state index in [1.807, 2.05) is 43.5 Å². The van der Waals surface area contributed by atoms with Crippen molar-refractivity contribution in [1.29, 1.82) is 0 Å². The van der Waals surface area contributed by atoms with Gasteiger partial charge in [0.2, 0.25) is 0 Å². The van der Waals surface area contributed by atoms with Gasteiger partial charge in [0.15, 0.2) is 5.82 Å². The first-order valence-electron chi connectivity index (χ1n) is 9.67. The standard InChI is InChI=1S/C22H23Cl2N5.ClH/c1-17-18(16-26-29(17)22-21(24)8-3-9-25-22)5-4-10-27-11-13-28(14-12-27)20-7-2-6-19(23)15-20;/h2-9,15-16H,10-14H2,1H3;1H. The largest absolute Gasteiger partial charge is 0.369 e. The molecule has 1 aromatic carbocycles. The highest BCUT2D eigenvalue weighted by atomic mass is 35.5. The lowest BCUT2D eigenvalue weighted by Gasteiger charge is -2.35. The third-order valence-electron chi connectivity index (χ3n) is 5.19. The zero-order chi connectivity index (χ0) is 20.2. The summed E-state index contributed by atoms with van der Waals surface area (Å²) in [6, 6.07) is 11.7. The number of anilines is 1. The number of pyridine rings is 1. The molecular weight excluding hydrogens is 441 g/mol. The molecule has 0 aliphatic carbocycles. The van der Waals surface area contributed by atoms with Gasteiger partial charge in [0.05, 0.1) is 16.9 Å². The summed E-state index contributed by atoms with van der Waals surface area (Å²) >= 11 is 12.4. The van der Waals surface area contributed by atoms with Crippen molar-refractivity contribution in [1.82, 2.24) is 19.7 Å². The smallest absolute Gasteiger partial charge is 0.172 e. The number of aromatic nitrogens is 3. The maximum absolute atomic E-state index is 6.25. The molecule has 0 N–H and O–H groups in total. The Balaban J connectivity index is 0.00000256. The first-order chi connectivity index (χ1) is 14.1. The molecule has 2 aromatic heterocycles. The van der Waals surface area contributed by atoms with E-state index in [-0.39, 0.29) is 12.4 Å². The number of rotatable bonds is 5. The molecule has 0 bridgehead atoms. The predicted molar refractivity (Wildman–Crippen MR) is 127 cm³/mol. The van der Waals surface area contributed by atoms with E-state index in [0.717, 1.165) is 49.0 Å². The van der Waals surface area contributed by atoms with E-state index in [1.165, 1.54) is 5.69 Å². The van der Waals surface area contributed by atoms with Crippen LogP contribution in [0.15, 0.2) is 54.9 Å². The minimum atomic E-state index is 0. The molecule has 0 radical (unpaired) electrons. The third kappa shape index (κ3) is 5.16. The van der Waals surface area contributed by atoms with Crippen molar-refractivity contribution in [2.75, 3.05) is 37.6 Å². The van der Waals surface area contributed by atoms with Crippen LogP contribution in [0.3, 0.4) is 0 Å². The van der Waals surface area contributed by atoms with Gasteiger partial charge in [-0.15, -0.1) is 12.4 Å². The van der Waals surface area contributed by atoms with Crippen LogP contribution >= 0.6 is 35.6 Å². The van der Waals surface area contributed by atoms with E-state index < -0.39 is 0 Å². The monoisotopic (exact) mass is 463 g/mol. The van der Waals surface area contributed by atoms with E-state index in [0.29, 0.717) is 10.8 Å². The Labute approximate surface area is 193 Å². The van der Waals surface area contributed by atoms with Crippen molar-refractivity contribution in [2.45, 2.75) is 6.92 Å². The summed E-state index contributed by atoms with van der Waals surface area (Å²) in [5.74, 6) is 0.656.